The summed E-state index contributed by atoms with van der Waals surface area (Å²) in [6.07, 6.45) is 0. The van der Waals surface area contributed by atoms with Crippen LogP contribution >= 0.6 is 0 Å². The molecule has 10 aromatic rings. The Bertz CT molecular complexity index is 2880. The highest BCUT2D eigenvalue weighted by Gasteiger charge is 2.17. The Labute approximate surface area is 314 Å². The molecule has 0 fully saturated rings. The number of hydrogen-bond donors (Lipinski definition) is 0. The van der Waals surface area contributed by atoms with E-state index in [1.165, 1.54) is 33.0 Å². The highest BCUT2D eigenvalue weighted by molar-refractivity contribution is 6.13. The molecule has 0 spiro atoms. The molecule has 0 unspecified atom stereocenters. The third kappa shape index (κ3) is 5.62. The van der Waals surface area contributed by atoms with E-state index in [9.17, 15) is 0 Å². The Morgan fingerprint density at radius 3 is 1.28 bits per heavy atom. The third-order valence-corrected chi connectivity index (χ3v) is 10.5. The maximum Gasteiger partial charge on any atom is 0.143 e. The summed E-state index contributed by atoms with van der Waals surface area (Å²) in [6.45, 7) is 0. The van der Waals surface area contributed by atoms with Crippen molar-refractivity contribution in [3.8, 4) is 44.5 Å². The second kappa shape index (κ2) is 13.4. The van der Waals surface area contributed by atoms with Gasteiger partial charge in [-0.2, -0.15) is 0 Å². The van der Waals surface area contributed by atoms with E-state index in [0.29, 0.717) is 0 Å². The normalized spacial score (nSPS) is 11.3. The number of para-hydroxylation sites is 3. The van der Waals surface area contributed by atoms with Gasteiger partial charge >= 0.3 is 0 Å². The summed E-state index contributed by atoms with van der Waals surface area (Å²) in [5, 5.41) is 4.78. The van der Waals surface area contributed by atoms with Crippen LogP contribution in [0.2, 0.25) is 0 Å². The molecular formula is C52H35NO. The Morgan fingerprint density at radius 1 is 0.259 bits per heavy atom. The van der Waals surface area contributed by atoms with Crippen LogP contribution in [0.5, 0.6) is 0 Å². The minimum atomic E-state index is 0.916. The van der Waals surface area contributed by atoms with Gasteiger partial charge in [0.25, 0.3) is 0 Å². The summed E-state index contributed by atoms with van der Waals surface area (Å²) in [6, 6.07) is 75.6. The Morgan fingerprint density at radius 2 is 0.648 bits per heavy atom. The van der Waals surface area contributed by atoms with Gasteiger partial charge in [0.15, 0.2) is 0 Å². The van der Waals surface area contributed by atoms with Crippen molar-refractivity contribution >= 4 is 49.8 Å². The van der Waals surface area contributed by atoms with Crippen LogP contribution in [-0.2, 0) is 0 Å². The number of fused-ring (bicyclic) bond motifs is 4. The predicted octanol–water partition coefficient (Wildman–Crippen LogP) is 14.9. The van der Waals surface area contributed by atoms with Crippen LogP contribution in [0.1, 0.15) is 0 Å². The summed E-state index contributed by atoms with van der Waals surface area (Å²) in [5.74, 6) is 0. The van der Waals surface area contributed by atoms with Crippen molar-refractivity contribution < 1.29 is 4.42 Å². The SMILES string of the molecule is c1ccc(-c2cccc3c2oc2c(-c4ccc(-c5ccc(N(c6ccccc6)c6ccc(-c7cccc8ccccc78)cc6)cc5)cc4)cccc23)cc1. The monoisotopic (exact) mass is 689 g/mol. The summed E-state index contributed by atoms with van der Waals surface area (Å²) >= 11 is 0. The van der Waals surface area contributed by atoms with E-state index < -0.39 is 0 Å². The first-order chi connectivity index (χ1) is 26.8. The number of nitrogens with zero attached hydrogens (tertiary/aromatic N) is 1. The highest BCUT2D eigenvalue weighted by Crippen LogP contribution is 2.41. The van der Waals surface area contributed by atoms with E-state index in [1.807, 2.05) is 6.07 Å². The molecule has 2 nitrogen and oxygen atoms in total. The molecule has 0 bridgehead atoms. The number of rotatable bonds is 7. The van der Waals surface area contributed by atoms with Crippen molar-refractivity contribution in [2.45, 2.75) is 0 Å². The summed E-state index contributed by atoms with van der Waals surface area (Å²) in [5.41, 5.74) is 14.4. The number of anilines is 3. The summed E-state index contributed by atoms with van der Waals surface area (Å²) < 4.78 is 6.69. The maximum absolute atomic E-state index is 6.69. The van der Waals surface area contributed by atoms with Gasteiger partial charge in [-0.25, -0.2) is 0 Å². The fourth-order valence-corrected chi connectivity index (χ4v) is 7.83. The van der Waals surface area contributed by atoms with Crippen LogP contribution in [0, 0.1) is 0 Å². The minimum Gasteiger partial charge on any atom is -0.455 e. The molecule has 0 aliphatic carbocycles. The topological polar surface area (TPSA) is 16.4 Å². The van der Waals surface area contributed by atoms with Crippen LogP contribution in [0.15, 0.2) is 217 Å². The zero-order valence-electron chi connectivity index (χ0n) is 29.6. The molecule has 0 aliphatic rings. The van der Waals surface area contributed by atoms with Gasteiger partial charge < -0.3 is 9.32 Å². The van der Waals surface area contributed by atoms with E-state index in [-0.39, 0.29) is 0 Å². The zero-order valence-corrected chi connectivity index (χ0v) is 29.6. The van der Waals surface area contributed by atoms with Gasteiger partial charge in [-0.05, 0) is 80.6 Å². The molecule has 0 atom stereocenters. The molecule has 1 heterocycles. The smallest absolute Gasteiger partial charge is 0.143 e. The van der Waals surface area contributed by atoms with Gasteiger partial charge in [-0.1, -0.05) is 176 Å². The van der Waals surface area contributed by atoms with Gasteiger partial charge in [0.2, 0.25) is 0 Å². The molecule has 0 aliphatic heterocycles. The summed E-state index contributed by atoms with van der Waals surface area (Å²) in [7, 11) is 0. The lowest BCUT2D eigenvalue weighted by atomic mass is 9.97. The van der Waals surface area contributed by atoms with E-state index in [0.717, 1.165) is 61.3 Å². The van der Waals surface area contributed by atoms with Crippen LogP contribution in [0.25, 0.3) is 77.2 Å². The molecular weight excluding hydrogens is 655 g/mol. The van der Waals surface area contributed by atoms with E-state index >= 15 is 0 Å². The average Bonchev–Trinajstić information content (AvgIpc) is 3.64. The van der Waals surface area contributed by atoms with Gasteiger partial charge in [0, 0.05) is 39.0 Å². The molecule has 0 radical (unpaired) electrons. The number of furan rings is 1. The summed E-state index contributed by atoms with van der Waals surface area (Å²) in [4.78, 5) is 2.32. The molecule has 1 aromatic heterocycles. The third-order valence-electron chi connectivity index (χ3n) is 10.5. The Kier molecular flexibility index (Phi) is 7.85. The molecule has 10 rings (SSSR count). The first-order valence-corrected chi connectivity index (χ1v) is 18.4. The van der Waals surface area contributed by atoms with Crippen molar-refractivity contribution in [3.05, 3.63) is 212 Å². The van der Waals surface area contributed by atoms with E-state index in [4.69, 9.17) is 4.42 Å². The molecule has 54 heavy (non-hydrogen) atoms. The second-order valence-corrected chi connectivity index (χ2v) is 13.7. The standard InChI is InChI=1S/C52H35NO/c1-3-12-39(13-4-1)47-20-10-22-49-50-23-11-21-48(52(50)54-51(47)49)41-26-24-36(25-27-41)37-28-32-43(33-29-37)53(42-16-5-2-6-17-42)44-34-30-40(31-35-44)46-19-9-15-38-14-7-8-18-45(38)46/h1-35H. The van der Waals surface area contributed by atoms with Crippen molar-refractivity contribution in [1.82, 2.24) is 0 Å². The van der Waals surface area contributed by atoms with Gasteiger partial charge in [0.05, 0.1) is 0 Å². The average molecular weight is 690 g/mol. The molecule has 2 heteroatoms. The quantitative estimate of drug-likeness (QED) is 0.166. The molecule has 254 valence electrons. The van der Waals surface area contributed by atoms with Crippen molar-refractivity contribution in [2.24, 2.45) is 0 Å². The van der Waals surface area contributed by atoms with Gasteiger partial charge in [0.1, 0.15) is 11.2 Å². The maximum atomic E-state index is 6.69. The van der Waals surface area contributed by atoms with E-state index in [1.54, 1.807) is 0 Å². The van der Waals surface area contributed by atoms with Gasteiger partial charge in [-0.15, -0.1) is 0 Å². The molecule has 9 aromatic carbocycles. The second-order valence-electron chi connectivity index (χ2n) is 13.7. The Balaban J connectivity index is 0.959. The van der Waals surface area contributed by atoms with Crippen LogP contribution in [0.3, 0.4) is 0 Å². The lowest BCUT2D eigenvalue weighted by Gasteiger charge is -2.26. The largest absolute Gasteiger partial charge is 0.455 e. The first-order valence-electron chi connectivity index (χ1n) is 18.4. The Hall–Kier alpha value is -7.16. The first kappa shape index (κ1) is 31.6. The fourth-order valence-electron chi connectivity index (χ4n) is 7.83. The van der Waals surface area contributed by atoms with Crippen molar-refractivity contribution in [2.75, 3.05) is 4.90 Å². The molecule has 0 N–H and O–H groups in total. The zero-order chi connectivity index (χ0) is 35.8. The molecule has 0 amide bonds. The molecule has 0 saturated carbocycles. The molecule has 0 saturated heterocycles. The van der Waals surface area contributed by atoms with E-state index in [2.05, 4.69) is 211 Å². The highest BCUT2D eigenvalue weighted by atomic mass is 16.3. The van der Waals surface area contributed by atoms with Crippen molar-refractivity contribution in [1.29, 1.82) is 0 Å². The van der Waals surface area contributed by atoms with Crippen LogP contribution in [0.4, 0.5) is 17.1 Å². The predicted molar refractivity (Wildman–Crippen MR) is 228 cm³/mol. The number of benzene rings is 9. The van der Waals surface area contributed by atoms with Crippen molar-refractivity contribution in [3.63, 3.8) is 0 Å². The lowest BCUT2D eigenvalue weighted by Crippen LogP contribution is -2.09. The fraction of sp³-hybridized carbons (Fsp3) is 0. The number of hydrogen-bond acceptors (Lipinski definition) is 2. The van der Waals surface area contributed by atoms with Crippen LogP contribution < -0.4 is 4.90 Å². The lowest BCUT2D eigenvalue weighted by molar-refractivity contribution is 0.671. The van der Waals surface area contributed by atoms with Crippen LogP contribution in [-0.4, -0.2) is 0 Å². The van der Waals surface area contributed by atoms with Gasteiger partial charge in [-0.3, -0.25) is 0 Å². The minimum absolute atomic E-state index is 0.916.